The van der Waals surface area contributed by atoms with E-state index >= 15 is 0 Å². The van der Waals surface area contributed by atoms with Crippen LogP contribution in [0, 0.1) is 0 Å². The predicted octanol–water partition coefficient (Wildman–Crippen LogP) is 4.45. The van der Waals surface area contributed by atoms with E-state index in [0.29, 0.717) is 0 Å². The topological polar surface area (TPSA) is 0 Å². The molecule has 2 atom stereocenters. The summed E-state index contributed by atoms with van der Waals surface area (Å²) in [6.45, 7) is 0. The van der Waals surface area contributed by atoms with Gasteiger partial charge in [-0.25, -0.2) is 0 Å². The molecule has 0 nitrogen and oxygen atoms in total. The van der Waals surface area contributed by atoms with Gasteiger partial charge in [-0.15, -0.1) is 0 Å². The summed E-state index contributed by atoms with van der Waals surface area (Å²) in [6, 6.07) is 18.2. The maximum atomic E-state index is 2.36. The fraction of sp³-hybridized carbons (Fsp3) is 0.333. The Hall–Kier alpha value is -1.56. The van der Waals surface area contributed by atoms with Crippen molar-refractivity contribution in [2.45, 2.75) is 37.5 Å². The fourth-order valence-electron chi connectivity index (χ4n) is 4.02. The van der Waals surface area contributed by atoms with Crippen molar-refractivity contribution in [1.82, 2.24) is 0 Å². The maximum absolute atomic E-state index is 2.36. The van der Waals surface area contributed by atoms with Crippen LogP contribution in [0.5, 0.6) is 0 Å². The minimum absolute atomic E-state index is 0.768. The molecule has 0 saturated heterocycles. The zero-order valence-electron chi connectivity index (χ0n) is 10.6. The van der Waals surface area contributed by atoms with E-state index in [4.69, 9.17) is 0 Å². The van der Waals surface area contributed by atoms with Crippen LogP contribution in [0.15, 0.2) is 48.5 Å². The molecule has 0 radical (unpaired) electrons. The predicted molar refractivity (Wildman–Crippen MR) is 75.0 cm³/mol. The molecule has 0 spiro atoms. The summed E-state index contributed by atoms with van der Waals surface area (Å²) < 4.78 is 0. The highest BCUT2D eigenvalue weighted by molar-refractivity contribution is 5.42. The van der Waals surface area contributed by atoms with E-state index in [0.717, 1.165) is 11.8 Å². The molecule has 0 heteroatoms. The van der Waals surface area contributed by atoms with E-state index in [1.807, 2.05) is 0 Å². The first-order valence-electron chi connectivity index (χ1n) is 7.09. The van der Waals surface area contributed by atoms with Crippen LogP contribution in [0.25, 0.3) is 0 Å². The zero-order valence-corrected chi connectivity index (χ0v) is 10.6. The van der Waals surface area contributed by atoms with Crippen LogP contribution in [0.3, 0.4) is 0 Å². The first-order chi connectivity index (χ1) is 8.93. The SMILES string of the molecule is c1ccc2c(c1)CCC1c3ccccc3CCC21. The summed E-state index contributed by atoms with van der Waals surface area (Å²) in [5, 5.41) is 0. The Bertz CT molecular complexity index is 529. The molecule has 90 valence electrons. The van der Waals surface area contributed by atoms with Gasteiger partial charge in [0.25, 0.3) is 0 Å². The van der Waals surface area contributed by atoms with Gasteiger partial charge in [0.05, 0.1) is 0 Å². The number of rotatable bonds is 0. The van der Waals surface area contributed by atoms with E-state index < -0.39 is 0 Å². The molecule has 0 aromatic heterocycles. The summed E-state index contributed by atoms with van der Waals surface area (Å²) in [6.07, 6.45) is 5.18. The van der Waals surface area contributed by atoms with Gasteiger partial charge in [0.15, 0.2) is 0 Å². The monoisotopic (exact) mass is 234 g/mol. The molecule has 0 aliphatic heterocycles. The number of aryl methyl sites for hydroxylation is 2. The lowest BCUT2D eigenvalue weighted by molar-refractivity contribution is 0.425. The maximum Gasteiger partial charge on any atom is -0.00870 e. The summed E-state index contributed by atoms with van der Waals surface area (Å²) in [7, 11) is 0. The average Bonchev–Trinajstić information content (AvgIpc) is 2.46. The number of hydrogen-bond donors (Lipinski definition) is 0. The summed E-state index contributed by atoms with van der Waals surface area (Å²) in [4.78, 5) is 0. The lowest BCUT2D eigenvalue weighted by atomic mass is 9.66. The van der Waals surface area contributed by atoms with Gasteiger partial charge >= 0.3 is 0 Å². The Morgan fingerprint density at radius 2 is 1.06 bits per heavy atom. The van der Waals surface area contributed by atoms with Gasteiger partial charge in [0.1, 0.15) is 0 Å². The molecule has 2 aromatic carbocycles. The van der Waals surface area contributed by atoms with Gasteiger partial charge in [-0.05, 0) is 59.8 Å². The lowest BCUT2D eigenvalue weighted by Gasteiger charge is -2.38. The summed E-state index contributed by atoms with van der Waals surface area (Å²) in [5.74, 6) is 1.54. The fourth-order valence-corrected chi connectivity index (χ4v) is 4.02. The summed E-state index contributed by atoms with van der Waals surface area (Å²) >= 11 is 0. The second-order valence-corrected chi connectivity index (χ2v) is 5.69. The van der Waals surface area contributed by atoms with Crippen LogP contribution >= 0.6 is 0 Å². The van der Waals surface area contributed by atoms with Gasteiger partial charge < -0.3 is 0 Å². The molecule has 0 amide bonds. The van der Waals surface area contributed by atoms with E-state index in [-0.39, 0.29) is 0 Å². The van der Waals surface area contributed by atoms with Crippen LogP contribution in [0.1, 0.15) is 46.9 Å². The highest BCUT2D eigenvalue weighted by atomic mass is 14.4. The van der Waals surface area contributed by atoms with Gasteiger partial charge in [-0.2, -0.15) is 0 Å². The first-order valence-corrected chi connectivity index (χ1v) is 7.09. The number of hydrogen-bond acceptors (Lipinski definition) is 0. The van der Waals surface area contributed by atoms with Crippen molar-refractivity contribution >= 4 is 0 Å². The molecule has 0 bridgehead atoms. The van der Waals surface area contributed by atoms with Gasteiger partial charge in [-0.3, -0.25) is 0 Å². The molecular formula is C18H18. The van der Waals surface area contributed by atoms with Crippen molar-refractivity contribution in [2.75, 3.05) is 0 Å². The summed E-state index contributed by atoms with van der Waals surface area (Å²) in [5.41, 5.74) is 6.45. The Balaban J connectivity index is 1.83. The Morgan fingerprint density at radius 1 is 0.611 bits per heavy atom. The van der Waals surface area contributed by atoms with Crippen LogP contribution in [-0.2, 0) is 12.8 Å². The standard InChI is InChI=1S/C18H18/c1-3-7-15-13(5-1)9-11-18-16-8-4-2-6-14(16)10-12-17(15)18/h1-8,17-18H,9-12H2. The minimum atomic E-state index is 0.768. The smallest absolute Gasteiger partial charge is 0.00870 e. The average molecular weight is 234 g/mol. The molecule has 0 heterocycles. The van der Waals surface area contributed by atoms with Crippen LogP contribution in [0.2, 0.25) is 0 Å². The van der Waals surface area contributed by atoms with Gasteiger partial charge in [-0.1, -0.05) is 48.5 Å². The van der Waals surface area contributed by atoms with Crippen molar-refractivity contribution < 1.29 is 0 Å². The van der Waals surface area contributed by atoms with Crippen LogP contribution < -0.4 is 0 Å². The van der Waals surface area contributed by atoms with E-state index in [2.05, 4.69) is 48.5 Å². The second kappa shape index (κ2) is 3.98. The molecule has 2 aliphatic carbocycles. The third kappa shape index (κ3) is 1.45. The molecule has 0 fully saturated rings. The Kier molecular flexibility index (Phi) is 2.29. The third-order valence-corrected chi connectivity index (χ3v) is 4.84. The van der Waals surface area contributed by atoms with Crippen molar-refractivity contribution in [2.24, 2.45) is 0 Å². The van der Waals surface area contributed by atoms with Gasteiger partial charge in [0.2, 0.25) is 0 Å². The molecule has 2 aliphatic rings. The van der Waals surface area contributed by atoms with E-state index in [9.17, 15) is 0 Å². The first kappa shape index (κ1) is 10.4. The Morgan fingerprint density at radius 3 is 1.56 bits per heavy atom. The zero-order chi connectivity index (χ0) is 11.9. The van der Waals surface area contributed by atoms with Crippen LogP contribution in [0.4, 0.5) is 0 Å². The second-order valence-electron chi connectivity index (χ2n) is 5.69. The van der Waals surface area contributed by atoms with Crippen molar-refractivity contribution in [3.63, 3.8) is 0 Å². The number of fused-ring (bicyclic) bond motifs is 5. The number of benzene rings is 2. The van der Waals surface area contributed by atoms with Crippen molar-refractivity contribution in [3.05, 3.63) is 70.8 Å². The highest BCUT2D eigenvalue weighted by Gasteiger charge is 2.34. The van der Waals surface area contributed by atoms with Gasteiger partial charge in [0, 0.05) is 0 Å². The highest BCUT2D eigenvalue weighted by Crippen LogP contribution is 2.48. The molecule has 0 N–H and O–H groups in total. The van der Waals surface area contributed by atoms with E-state index in [1.54, 1.807) is 22.3 Å². The van der Waals surface area contributed by atoms with E-state index in [1.165, 1.54) is 25.7 Å². The molecular weight excluding hydrogens is 216 g/mol. The molecule has 2 aromatic rings. The molecule has 2 unspecified atom stereocenters. The molecule has 18 heavy (non-hydrogen) atoms. The largest absolute Gasteiger partial charge is 0.0620 e. The normalized spacial score (nSPS) is 24.9. The minimum Gasteiger partial charge on any atom is -0.0620 e. The van der Waals surface area contributed by atoms with Crippen molar-refractivity contribution in [3.8, 4) is 0 Å². The third-order valence-electron chi connectivity index (χ3n) is 4.84. The quantitative estimate of drug-likeness (QED) is 0.632. The lowest BCUT2D eigenvalue weighted by Crippen LogP contribution is -2.24. The van der Waals surface area contributed by atoms with Crippen LogP contribution in [-0.4, -0.2) is 0 Å². The van der Waals surface area contributed by atoms with Crippen molar-refractivity contribution in [1.29, 1.82) is 0 Å². The molecule has 0 saturated carbocycles. The Labute approximate surface area is 109 Å². The molecule has 4 rings (SSSR count).